The number of nitrogens with zero attached hydrogens (tertiary/aromatic N) is 1. The van der Waals surface area contributed by atoms with Gasteiger partial charge in [0.1, 0.15) is 0 Å². The summed E-state index contributed by atoms with van der Waals surface area (Å²) in [5.74, 6) is 0. The van der Waals surface area contributed by atoms with Gasteiger partial charge in [0.05, 0.1) is 0 Å². The molecular formula is C13H13N. The van der Waals surface area contributed by atoms with Crippen LogP contribution in [0.1, 0.15) is 11.1 Å². The molecule has 0 spiro atoms. The van der Waals surface area contributed by atoms with Gasteiger partial charge in [-0.05, 0) is 17.2 Å². The van der Waals surface area contributed by atoms with E-state index in [2.05, 4.69) is 53.9 Å². The lowest BCUT2D eigenvalue weighted by atomic mass is 10.2. The molecule has 1 aromatic heterocycles. The fraction of sp³-hybridized carbons (Fsp3) is 0.0769. The molecule has 1 heteroatoms. The van der Waals surface area contributed by atoms with Crippen LogP contribution in [0.2, 0.25) is 0 Å². The van der Waals surface area contributed by atoms with Crippen molar-refractivity contribution in [1.82, 2.24) is 4.57 Å². The Labute approximate surface area is 84.3 Å². The van der Waals surface area contributed by atoms with E-state index < -0.39 is 0 Å². The summed E-state index contributed by atoms with van der Waals surface area (Å²) in [6, 6.07) is 12.5. The molecule has 0 atom stereocenters. The summed E-state index contributed by atoms with van der Waals surface area (Å²) < 4.78 is 2.16. The number of hydrogen-bond acceptors (Lipinski definition) is 0. The lowest BCUT2D eigenvalue weighted by molar-refractivity contribution is 0.806. The highest BCUT2D eigenvalue weighted by molar-refractivity contribution is 5.45. The molecule has 0 aliphatic carbocycles. The largest absolute Gasteiger partial charge is 0.349 e. The third-order valence-corrected chi connectivity index (χ3v) is 2.22. The van der Waals surface area contributed by atoms with Gasteiger partial charge in [-0.25, -0.2) is 0 Å². The van der Waals surface area contributed by atoms with Crippen molar-refractivity contribution in [2.45, 2.75) is 6.54 Å². The highest BCUT2D eigenvalue weighted by Gasteiger charge is 1.94. The van der Waals surface area contributed by atoms with E-state index in [1.807, 2.05) is 12.1 Å². The molecule has 0 saturated heterocycles. The van der Waals surface area contributed by atoms with Gasteiger partial charge < -0.3 is 4.57 Å². The average molecular weight is 183 g/mol. The molecule has 1 aromatic carbocycles. The van der Waals surface area contributed by atoms with Gasteiger partial charge in [0.2, 0.25) is 0 Å². The van der Waals surface area contributed by atoms with Gasteiger partial charge in [0.15, 0.2) is 0 Å². The van der Waals surface area contributed by atoms with Crippen LogP contribution in [0.3, 0.4) is 0 Å². The molecule has 0 unspecified atom stereocenters. The molecule has 0 N–H and O–H groups in total. The Bertz CT molecular complexity index is 412. The first kappa shape index (κ1) is 8.82. The Hall–Kier alpha value is -1.76. The Balaban J connectivity index is 2.15. The molecule has 0 aliphatic rings. The summed E-state index contributed by atoms with van der Waals surface area (Å²) in [4.78, 5) is 0. The Kier molecular flexibility index (Phi) is 2.50. The minimum atomic E-state index is 0.925. The van der Waals surface area contributed by atoms with Crippen LogP contribution in [-0.4, -0.2) is 4.57 Å². The Morgan fingerprint density at radius 2 is 1.93 bits per heavy atom. The predicted octanol–water partition coefficient (Wildman–Crippen LogP) is 3.18. The summed E-state index contributed by atoms with van der Waals surface area (Å²) in [7, 11) is 0. The number of hydrogen-bond donors (Lipinski definition) is 0. The molecule has 0 fully saturated rings. The SMILES string of the molecule is C=Cc1ccn(Cc2ccccc2)c1. The Morgan fingerprint density at radius 1 is 1.14 bits per heavy atom. The van der Waals surface area contributed by atoms with Crippen molar-refractivity contribution in [3.63, 3.8) is 0 Å². The third kappa shape index (κ3) is 1.94. The van der Waals surface area contributed by atoms with Crippen LogP contribution in [0.25, 0.3) is 6.08 Å². The molecule has 2 rings (SSSR count). The minimum absolute atomic E-state index is 0.925. The molecular weight excluding hydrogens is 170 g/mol. The second-order valence-corrected chi connectivity index (χ2v) is 3.31. The molecule has 70 valence electrons. The highest BCUT2D eigenvalue weighted by atomic mass is 14.9. The monoisotopic (exact) mass is 183 g/mol. The minimum Gasteiger partial charge on any atom is -0.349 e. The van der Waals surface area contributed by atoms with Crippen molar-refractivity contribution in [3.05, 3.63) is 66.5 Å². The van der Waals surface area contributed by atoms with Crippen LogP contribution in [0.5, 0.6) is 0 Å². The molecule has 0 saturated carbocycles. The van der Waals surface area contributed by atoms with E-state index in [0.717, 1.165) is 6.54 Å². The maximum absolute atomic E-state index is 3.74. The van der Waals surface area contributed by atoms with Crippen LogP contribution < -0.4 is 0 Å². The molecule has 0 amide bonds. The zero-order valence-electron chi connectivity index (χ0n) is 8.06. The standard InChI is InChI=1S/C13H13N/c1-2-12-8-9-14(10-12)11-13-6-4-3-5-7-13/h2-10H,1,11H2. The first-order valence-electron chi connectivity index (χ1n) is 4.70. The van der Waals surface area contributed by atoms with Gasteiger partial charge in [-0.2, -0.15) is 0 Å². The van der Waals surface area contributed by atoms with E-state index in [1.54, 1.807) is 0 Å². The van der Waals surface area contributed by atoms with Gasteiger partial charge in [0.25, 0.3) is 0 Å². The number of rotatable bonds is 3. The molecule has 14 heavy (non-hydrogen) atoms. The van der Waals surface area contributed by atoms with Crippen LogP contribution in [0.4, 0.5) is 0 Å². The Morgan fingerprint density at radius 3 is 2.57 bits per heavy atom. The van der Waals surface area contributed by atoms with Gasteiger partial charge in [-0.15, -0.1) is 0 Å². The van der Waals surface area contributed by atoms with Crippen LogP contribution in [0, 0.1) is 0 Å². The van der Waals surface area contributed by atoms with Gasteiger partial charge in [-0.3, -0.25) is 0 Å². The molecule has 0 radical (unpaired) electrons. The smallest absolute Gasteiger partial charge is 0.0470 e. The summed E-state index contributed by atoms with van der Waals surface area (Å²) in [5.41, 5.74) is 2.49. The fourth-order valence-electron chi connectivity index (χ4n) is 1.47. The zero-order chi connectivity index (χ0) is 9.80. The molecule has 1 nitrogen and oxygen atoms in total. The molecule has 2 aromatic rings. The van der Waals surface area contributed by atoms with Crippen LogP contribution in [0.15, 0.2) is 55.4 Å². The van der Waals surface area contributed by atoms with E-state index in [1.165, 1.54) is 11.1 Å². The second-order valence-electron chi connectivity index (χ2n) is 3.31. The van der Waals surface area contributed by atoms with Gasteiger partial charge in [-0.1, -0.05) is 43.0 Å². The summed E-state index contributed by atoms with van der Waals surface area (Å²) >= 11 is 0. The van der Waals surface area contributed by atoms with Crippen molar-refractivity contribution >= 4 is 6.08 Å². The summed E-state index contributed by atoms with van der Waals surface area (Å²) in [6.07, 6.45) is 6.03. The maximum atomic E-state index is 3.74. The van der Waals surface area contributed by atoms with E-state index in [9.17, 15) is 0 Å². The van der Waals surface area contributed by atoms with E-state index in [-0.39, 0.29) is 0 Å². The summed E-state index contributed by atoms with van der Waals surface area (Å²) in [6.45, 7) is 4.66. The van der Waals surface area contributed by atoms with E-state index in [0.29, 0.717) is 0 Å². The van der Waals surface area contributed by atoms with Gasteiger partial charge >= 0.3 is 0 Å². The van der Waals surface area contributed by atoms with E-state index >= 15 is 0 Å². The molecule has 0 aliphatic heterocycles. The summed E-state index contributed by atoms with van der Waals surface area (Å²) in [5, 5.41) is 0. The highest BCUT2D eigenvalue weighted by Crippen LogP contribution is 2.06. The maximum Gasteiger partial charge on any atom is 0.0470 e. The molecule has 1 heterocycles. The van der Waals surface area contributed by atoms with Crippen LogP contribution in [-0.2, 0) is 6.54 Å². The van der Waals surface area contributed by atoms with Crippen molar-refractivity contribution in [3.8, 4) is 0 Å². The van der Waals surface area contributed by atoms with Crippen LogP contribution >= 0.6 is 0 Å². The van der Waals surface area contributed by atoms with Crippen molar-refractivity contribution in [2.75, 3.05) is 0 Å². The first-order valence-corrected chi connectivity index (χ1v) is 4.70. The number of benzene rings is 1. The third-order valence-electron chi connectivity index (χ3n) is 2.22. The first-order chi connectivity index (χ1) is 6.88. The zero-order valence-corrected chi connectivity index (χ0v) is 8.06. The average Bonchev–Trinajstić information content (AvgIpc) is 2.67. The predicted molar refractivity (Wildman–Crippen MR) is 60.1 cm³/mol. The van der Waals surface area contributed by atoms with Crippen molar-refractivity contribution in [1.29, 1.82) is 0 Å². The lowest BCUT2D eigenvalue weighted by Crippen LogP contribution is -1.95. The fourth-order valence-corrected chi connectivity index (χ4v) is 1.47. The molecule has 0 bridgehead atoms. The van der Waals surface area contributed by atoms with Crippen molar-refractivity contribution < 1.29 is 0 Å². The lowest BCUT2D eigenvalue weighted by Gasteiger charge is -2.01. The normalized spacial score (nSPS) is 10.0. The van der Waals surface area contributed by atoms with Gasteiger partial charge in [0, 0.05) is 18.9 Å². The number of aromatic nitrogens is 1. The topological polar surface area (TPSA) is 4.93 Å². The van der Waals surface area contributed by atoms with E-state index in [4.69, 9.17) is 0 Å². The second kappa shape index (κ2) is 3.97. The quantitative estimate of drug-likeness (QED) is 0.688. The van der Waals surface area contributed by atoms with Crippen molar-refractivity contribution in [2.24, 2.45) is 0 Å².